The number of sulfone groups is 1. The Hall–Kier alpha value is 0.430. The molecule has 1 rings (SSSR count). The Kier molecular flexibility index (Phi) is 4.27. The van der Waals surface area contributed by atoms with Gasteiger partial charge in [0.15, 0.2) is 9.84 Å². The fourth-order valence-corrected chi connectivity index (χ4v) is 3.95. The molecule has 0 spiro atoms. The van der Waals surface area contributed by atoms with Crippen molar-refractivity contribution in [1.29, 1.82) is 0 Å². The van der Waals surface area contributed by atoms with Gasteiger partial charge in [-0.25, -0.2) is 8.42 Å². The maximum atomic E-state index is 11.9. The molecule has 0 radical (unpaired) electrons. The molecule has 2 unspecified atom stereocenters. The molecule has 0 bridgehead atoms. The van der Waals surface area contributed by atoms with Crippen LogP contribution in [0.1, 0.15) is 46.5 Å². The summed E-state index contributed by atoms with van der Waals surface area (Å²) in [7, 11) is -2.92. The Labute approximate surface area is 102 Å². The van der Waals surface area contributed by atoms with Crippen molar-refractivity contribution in [3.8, 4) is 0 Å². The van der Waals surface area contributed by atoms with Crippen molar-refractivity contribution in [2.24, 2.45) is 5.92 Å². The Bertz CT molecular complexity index is 303. The minimum absolute atomic E-state index is 0.348. The molecule has 0 heterocycles. The molecule has 1 fully saturated rings. The summed E-state index contributed by atoms with van der Waals surface area (Å²) in [5.74, 6) is 0.951. The predicted molar refractivity (Wildman–Crippen MR) is 68.2 cm³/mol. The van der Waals surface area contributed by atoms with Crippen LogP contribution in [-0.4, -0.2) is 23.7 Å². The topological polar surface area (TPSA) is 34.1 Å². The zero-order valence-electron chi connectivity index (χ0n) is 9.79. The number of hydrogen-bond donors (Lipinski definition) is 0. The first-order valence-electron chi connectivity index (χ1n) is 5.59. The van der Waals surface area contributed by atoms with E-state index in [2.05, 4.69) is 15.9 Å². The zero-order chi connectivity index (χ0) is 11.7. The normalized spacial score (nSPS) is 28.3. The van der Waals surface area contributed by atoms with E-state index < -0.39 is 14.6 Å². The van der Waals surface area contributed by atoms with Crippen LogP contribution in [0.4, 0.5) is 0 Å². The average molecular weight is 297 g/mol. The van der Waals surface area contributed by atoms with Crippen molar-refractivity contribution in [3.05, 3.63) is 0 Å². The number of halogens is 1. The van der Waals surface area contributed by atoms with Gasteiger partial charge in [-0.1, -0.05) is 15.9 Å². The van der Waals surface area contributed by atoms with Crippen molar-refractivity contribution in [1.82, 2.24) is 0 Å². The summed E-state index contributed by atoms with van der Waals surface area (Å²) in [4.78, 5) is 0.611. The van der Waals surface area contributed by atoms with Crippen LogP contribution in [0.25, 0.3) is 0 Å². The van der Waals surface area contributed by atoms with Crippen LogP contribution in [0, 0.1) is 5.92 Å². The Morgan fingerprint density at radius 3 is 2.27 bits per heavy atom. The second-order valence-electron chi connectivity index (χ2n) is 5.50. The fourth-order valence-electron chi connectivity index (χ4n) is 1.90. The van der Waals surface area contributed by atoms with Crippen molar-refractivity contribution in [2.45, 2.75) is 56.0 Å². The highest BCUT2D eigenvalue weighted by molar-refractivity contribution is 9.09. The van der Waals surface area contributed by atoms with E-state index in [0.717, 1.165) is 12.8 Å². The third-order valence-corrected chi connectivity index (χ3v) is 6.68. The third kappa shape index (κ3) is 3.74. The number of rotatable bonds is 3. The minimum Gasteiger partial charge on any atom is -0.228 e. The third-order valence-electron chi connectivity index (χ3n) is 3.21. The highest BCUT2D eigenvalue weighted by Crippen LogP contribution is 2.33. The molecule has 1 aliphatic carbocycles. The minimum atomic E-state index is -2.92. The monoisotopic (exact) mass is 296 g/mol. The molecular weight excluding hydrogens is 276 g/mol. The second-order valence-corrected chi connectivity index (χ2v) is 9.65. The lowest BCUT2D eigenvalue weighted by atomic mass is 10.1. The van der Waals surface area contributed by atoms with Crippen LogP contribution in [-0.2, 0) is 9.84 Å². The molecule has 1 saturated carbocycles. The van der Waals surface area contributed by atoms with Gasteiger partial charge in [0.25, 0.3) is 0 Å². The van der Waals surface area contributed by atoms with E-state index in [1.807, 2.05) is 0 Å². The maximum absolute atomic E-state index is 11.9. The van der Waals surface area contributed by atoms with E-state index in [4.69, 9.17) is 0 Å². The van der Waals surface area contributed by atoms with E-state index in [0.29, 0.717) is 16.5 Å². The van der Waals surface area contributed by atoms with E-state index in [1.54, 1.807) is 20.8 Å². The van der Waals surface area contributed by atoms with Gasteiger partial charge in [-0.05, 0) is 52.4 Å². The van der Waals surface area contributed by atoms with Crippen LogP contribution in [0.3, 0.4) is 0 Å². The number of hydrogen-bond acceptors (Lipinski definition) is 2. The van der Waals surface area contributed by atoms with E-state index in [9.17, 15) is 8.42 Å². The molecule has 4 heteroatoms. The molecule has 0 aromatic carbocycles. The highest BCUT2D eigenvalue weighted by atomic mass is 79.9. The Balaban J connectivity index is 2.44. The van der Waals surface area contributed by atoms with Crippen LogP contribution >= 0.6 is 15.9 Å². The standard InChI is InChI=1S/C11H21BrO2S/c1-11(2,3)15(13,14)7-6-9-4-5-10(12)8-9/h9-10H,4-8H2,1-3H3. The van der Waals surface area contributed by atoms with Gasteiger partial charge in [0.1, 0.15) is 0 Å². The first-order valence-corrected chi connectivity index (χ1v) is 8.15. The van der Waals surface area contributed by atoms with E-state index >= 15 is 0 Å². The molecule has 0 amide bonds. The molecular formula is C11H21BrO2S. The molecule has 1 aliphatic rings. The maximum Gasteiger partial charge on any atom is 0.155 e. The van der Waals surface area contributed by atoms with Gasteiger partial charge in [-0.3, -0.25) is 0 Å². The smallest absolute Gasteiger partial charge is 0.155 e. The SMILES string of the molecule is CC(C)(C)S(=O)(=O)CCC1CCC(Br)C1. The lowest BCUT2D eigenvalue weighted by Crippen LogP contribution is -2.31. The summed E-state index contributed by atoms with van der Waals surface area (Å²) in [6.07, 6.45) is 4.34. The van der Waals surface area contributed by atoms with Crippen molar-refractivity contribution in [3.63, 3.8) is 0 Å². The largest absolute Gasteiger partial charge is 0.228 e. The molecule has 0 aromatic heterocycles. The predicted octanol–water partition coefficient (Wildman–Crippen LogP) is 3.15. The molecule has 2 atom stereocenters. The summed E-state index contributed by atoms with van der Waals surface area (Å²) in [6.45, 7) is 5.35. The summed E-state index contributed by atoms with van der Waals surface area (Å²) in [5.41, 5.74) is 0. The van der Waals surface area contributed by atoms with Gasteiger partial charge in [0.2, 0.25) is 0 Å². The lowest BCUT2D eigenvalue weighted by molar-refractivity contribution is 0.512. The van der Waals surface area contributed by atoms with Crippen molar-refractivity contribution in [2.75, 3.05) is 5.75 Å². The molecule has 90 valence electrons. The average Bonchev–Trinajstić information content (AvgIpc) is 2.46. The first-order chi connectivity index (χ1) is 6.72. The summed E-state index contributed by atoms with van der Waals surface area (Å²) >= 11 is 3.59. The molecule has 2 nitrogen and oxygen atoms in total. The van der Waals surface area contributed by atoms with Crippen molar-refractivity contribution < 1.29 is 8.42 Å². The molecule has 15 heavy (non-hydrogen) atoms. The Morgan fingerprint density at radius 1 is 1.27 bits per heavy atom. The van der Waals surface area contributed by atoms with Gasteiger partial charge >= 0.3 is 0 Å². The van der Waals surface area contributed by atoms with E-state index in [1.165, 1.54) is 12.8 Å². The second kappa shape index (κ2) is 4.74. The van der Waals surface area contributed by atoms with Crippen LogP contribution < -0.4 is 0 Å². The summed E-state index contributed by atoms with van der Waals surface area (Å²) in [6, 6.07) is 0. The quantitative estimate of drug-likeness (QED) is 0.750. The fraction of sp³-hybridized carbons (Fsp3) is 1.00. The van der Waals surface area contributed by atoms with Gasteiger partial charge < -0.3 is 0 Å². The lowest BCUT2D eigenvalue weighted by Gasteiger charge is -2.20. The van der Waals surface area contributed by atoms with Crippen LogP contribution in [0.15, 0.2) is 0 Å². The molecule has 0 N–H and O–H groups in total. The van der Waals surface area contributed by atoms with Gasteiger partial charge in [-0.15, -0.1) is 0 Å². The molecule has 0 aliphatic heterocycles. The van der Waals surface area contributed by atoms with Gasteiger partial charge in [-0.2, -0.15) is 0 Å². The highest BCUT2D eigenvalue weighted by Gasteiger charge is 2.31. The van der Waals surface area contributed by atoms with Crippen LogP contribution in [0.2, 0.25) is 0 Å². The van der Waals surface area contributed by atoms with Crippen molar-refractivity contribution >= 4 is 25.8 Å². The van der Waals surface area contributed by atoms with E-state index in [-0.39, 0.29) is 0 Å². The van der Waals surface area contributed by atoms with Crippen LogP contribution in [0.5, 0.6) is 0 Å². The molecule has 0 aromatic rings. The summed E-state index contributed by atoms with van der Waals surface area (Å²) in [5, 5.41) is 0. The molecule has 0 saturated heterocycles. The number of alkyl halides is 1. The van der Waals surface area contributed by atoms with Gasteiger partial charge in [0, 0.05) is 4.83 Å². The van der Waals surface area contributed by atoms with Gasteiger partial charge in [0.05, 0.1) is 10.5 Å². The first kappa shape index (κ1) is 13.5. The Morgan fingerprint density at radius 2 is 1.87 bits per heavy atom. The zero-order valence-corrected chi connectivity index (χ0v) is 12.2. The summed E-state index contributed by atoms with van der Waals surface area (Å²) < 4.78 is 23.2.